The van der Waals surface area contributed by atoms with Crippen LogP contribution >= 0.6 is 0 Å². The zero-order valence-corrected chi connectivity index (χ0v) is 13.2. The van der Waals surface area contributed by atoms with Gasteiger partial charge in [0.15, 0.2) is 0 Å². The normalized spacial score (nSPS) is 11.1. The van der Waals surface area contributed by atoms with E-state index in [1.165, 1.54) is 6.33 Å². The van der Waals surface area contributed by atoms with Crippen molar-refractivity contribution in [1.82, 2.24) is 9.97 Å². The Bertz CT molecular complexity index is 464. The molecule has 0 aliphatic rings. The van der Waals surface area contributed by atoms with Crippen molar-refractivity contribution in [2.24, 2.45) is 11.8 Å². The van der Waals surface area contributed by atoms with Gasteiger partial charge >= 0.3 is 5.69 Å². The maximum Gasteiger partial charge on any atom is 0.353 e. The Kier molecular flexibility index (Phi) is 6.33. The maximum absolute atomic E-state index is 11.2. The minimum Gasteiger partial charge on any atom is -0.378 e. The maximum atomic E-state index is 11.2. The molecule has 1 aromatic rings. The second-order valence-electron chi connectivity index (χ2n) is 6.04. The quantitative estimate of drug-likeness (QED) is 0.585. The van der Waals surface area contributed by atoms with Gasteiger partial charge in [0.1, 0.15) is 6.33 Å². The molecule has 0 aliphatic heterocycles. The number of nitro groups is 1. The number of nitrogens with two attached hydrogens (primary N) is 1. The van der Waals surface area contributed by atoms with E-state index in [9.17, 15) is 10.1 Å². The van der Waals surface area contributed by atoms with Gasteiger partial charge < -0.3 is 10.6 Å². The molecular weight excluding hydrogens is 270 g/mol. The third-order valence-electron chi connectivity index (χ3n) is 3.27. The fourth-order valence-electron chi connectivity index (χ4n) is 1.94. The zero-order chi connectivity index (χ0) is 16.0. The number of hydrogen-bond donors (Lipinski definition) is 1. The van der Waals surface area contributed by atoms with Crippen LogP contribution in [0.2, 0.25) is 0 Å². The third kappa shape index (κ3) is 5.17. The molecule has 0 saturated carbocycles. The molecule has 118 valence electrons. The summed E-state index contributed by atoms with van der Waals surface area (Å²) in [5, 5.41) is 11.2. The molecule has 21 heavy (non-hydrogen) atoms. The Labute approximate surface area is 125 Å². The van der Waals surface area contributed by atoms with Crippen LogP contribution < -0.4 is 10.6 Å². The lowest BCUT2D eigenvalue weighted by molar-refractivity contribution is -0.383. The number of nitrogen functional groups attached to an aromatic ring is 1. The van der Waals surface area contributed by atoms with Crippen molar-refractivity contribution in [3.8, 4) is 0 Å². The van der Waals surface area contributed by atoms with E-state index >= 15 is 0 Å². The van der Waals surface area contributed by atoms with Crippen molar-refractivity contribution >= 4 is 17.3 Å². The smallest absolute Gasteiger partial charge is 0.353 e. The summed E-state index contributed by atoms with van der Waals surface area (Å²) in [5.41, 5.74) is 5.46. The zero-order valence-electron chi connectivity index (χ0n) is 13.2. The predicted octanol–water partition coefficient (Wildman–Crippen LogP) is 2.87. The molecule has 1 heterocycles. The molecule has 7 heteroatoms. The van der Waals surface area contributed by atoms with Gasteiger partial charge in [0.25, 0.3) is 0 Å². The standard InChI is InChI=1S/C14H25N5O2/c1-10(2)5-7-18(8-6-11(3)4)14-12(19(20)21)13(15)16-9-17-14/h9-11H,5-8H2,1-4H3,(H2,15,16,17). The number of hydrogen-bond acceptors (Lipinski definition) is 6. The molecule has 0 saturated heterocycles. The summed E-state index contributed by atoms with van der Waals surface area (Å²) in [7, 11) is 0. The molecule has 0 spiro atoms. The van der Waals surface area contributed by atoms with Crippen LogP contribution in [0.1, 0.15) is 40.5 Å². The Balaban J connectivity index is 3.06. The van der Waals surface area contributed by atoms with Crippen molar-refractivity contribution in [1.29, 1.82) is 0 Å². The van der Waals surface area contributed by atoms with Crippen LogP contribution in [-0.4, -0.2) is 28.0 Å². The molecule has 1 rings (SSSR count). The number of anilines is 2. The van der Waals surface area contributed by atoms with Crippen LogP contribution in [0.3, 0.4) is 0 Å². The molecule has 0 bridgehead atoms. The second-order valence-corrected chi connectivity index (χ2v) is 6.04. The topological polar surface area (TPSA) is 98.2 Å². The van der Waals surface area contributed by atoms with Gasteiger partial charge in [0.05, 0.1) is 4.92 Å². The van der Waals surface area contributed by atoms with Crippen molar-refractivity contribution in [2.75, 3.05) is 23.7 Å². The van der Waals surface area contributed by atoms with Gasteiger partial charge in [-0.05, 0) is 24.7 Å². The summed E-state index contributed by atoms with van der Waals surface area (Å²) in [6, 6.07) is 0. The van der Waals surface area contributed by atoms with E-state index in [2.05, 4.69) is 37.7 Å². The fraction of sp³-hybridized carbons (Fsp3) is 0.714. The lowest BCUT2D eigenvalue weighted by atomic mass is 10.1. The van der Waals surface area contributed by atoms with Gasteiger partial charge in [-0.1, -0.05) is 27.7 Å². The fourth-order valence-corrected chi connectivity index (χ4v) is 1.94. The molecular formula is C14H25N5O2. The summed E-state index contributed by atoms with van der Waals surface area (Å²) in [5.74, 6) is 1.28. The van der Waals surface area contributed by atoms with E-state index in [0.717, 1.165) is 25.9 Å². The number of nitrogens with zero attached hydrogens (tertiary/aromatic N) is 4. The lowest BCUT2D eigenvalue weighted by Crippen LogP contribution is -2.29. The molecule has 0 atom stereocenters. The van der Waals surface area contributed by atoms with Crippen LogP contribution in [0, 0.1) is 22.0 Å². The van der Waals surface area contributed by atoms with Crippen LogP contribution in [0.4, 0.5) is 17.3 Å². The van der Waals surface area contributed by atoms with E-state index in [1.807, 2.05) is 4.90 Å². The van der Waals surface area contributed by atoms with Crippen molar-refractivity contribution in [2.45, 2.75) is 40.5 Å². The van der Waals surface area contributed by atoms with E-state index in [0.29, 0.717) is 17.7 Å². The first-order chi connectivity index (χ1) is 9.82. The molecule has 0 unspecified atom stereocenters. The SMILES string of the molecule is CC(C)CCN(CCC(C)C)c1ncnc(N)c1[N+](=O)[O-]. The average Bonchev–Trinajstić information content (AvgIpc) is 2.37. The van der Waals surface area contributed by atoms with Gasteiger partial charge in [-0.3, -0.25) is 10.1 Å². The van der Waals surface area contributed by atoms with E-state index < -0.39 is 4.92 Å². The second kappa shape index (κ2) is 7.75. The molecule has 0 amide bonds. The minimum atomic E-state index is -0.498. The van der Waals surface area contributed by atoms with Crippen molar-refractivity contribution in [3.63, 3.8) is 0 Å². The molecule has 0 radical (unpaired) electrons. The third-order valence-corrected chi connectivity index (χ3v) is 3.27. The minimum absolute atomic E-state index is 0.0795. The molecule has 7 nitrogen and oxygen atoms in total. The first-order valence-corrected chi connectivity index (χ1v) is 7.32. The van der Waals surface area contributed by atoms with E-state index in [4.69, 9.17) is 5.73 Å². The van der Waals surface area contributed by atoms with Crippen molar-refractivity contribution < 1.29 is 4.92 Å². The largest absolute Gasteiger partial charge is 0.378 e. The first kappa shape index (κ1) is 17.1. The Morgan fingerprint density at radius 2 is 1.71 bits per heavy atom. The Hall–Kier alpha value is -1.92. The monoisotopic (exact) mass is 295 g/mol. The highest BCUT2D eigenvalue weighted by molar-refractivity contribution is 5.68. The van der Waals surface area contributed by atoms with Crippen LogP contribution in [0.15, 0.2) is 6.33 Å². The van der Waals surface area contributed by atoms with Crippen LogP contribution in [-0.2, 0) is 0 Å². The number of rotatable bonds is 8. The predicted molar refractivity (Wildman–Crippen MR) is 84.2 cm³/mol. The molecule has 2 N–H and O–H groups in total. The molecule has 0 aliphatic carbocycles. The van der Waals surface area contributed by atoms with E-state index in [-0.39, 0.29) is 11.5 Å². The number of aromatic nitrogens is 2. The summed E-state index contributed by atoms with van der Waals surface area (Å²) >= 11 is 0. The highest BCUT2D eigenvalue weighted by atomic mass is 16.6. The molecule has 0 aromatic carbocycles. The van der Waals surface area contributed by atoms with Crippen molar-refractivity contribution in [3.05, 3.63) is 16.4 Å². The molecule has 1 aromatic heterocycles. The molecule has 0 fully saturated rings. The summed E-state index contributed by atoms with van der Waals surface area (Å²) in [6.07, 6.45) is 3.17. The lowest BCUT2D eigenvalue weighted by Gasteiger charge is -2.25. The van der Waals surface area contributed by atoms with Crippen LogP contribution in [0.5, 0.6) is 0 Å². The van der Waals surface area contributed by atoms with Gasteiger partial charge in [-0.25, -0.2) is 9.97 Å². The average molecular weight is 295 g/mol. The summed E-state index contributed by atoms with van der Waals surface area (Å²) in [4.78, 5) is 20.5. The van der Waals surface area contributed by atoms with Gasteiger partial charge in [-0.2, -0.15) is 0 Å². The Morgan fingerprint density at radius 3 is 2.14 bits per heavy atom. The highest BCUT2D eigenvalue weighted by Gasteiger charge is 2.25. The van der Waals surface area contributed by atoms with Gasteiger partial charge in [0.2, 0.25) is 11.6 Å². The van der Waals surface area contributed by atoms with E-state index in [1.54, 1.807) is 0 Å². The highest BCUT2D eigenvalue weighted by Crippen LogP contribution is 2.30. The first-order valence-electron chi connectivity index (χ1n) is 7.32. The summed E-state index contributed by atoms with van der Waals surface area (Å²) < 4.78 is 0. The summed E-state index contributed by atoms with van der Waals surface area (Å²) in [6.45, 7) is 9.96. The Morgan fingerprint density at radius 1 is 1.19 bits per heavy atom. The van der Waals surface area contributed by atoms with Gasteiger partial charge in [0, 0.05) is 13.1 Å². The van der Waals surface area contributed by atoms with Gasteiger partial charge in [-0.15, -0.1) is 0 Å². The van der Waals surface area contributed by atoms with Crippen LogP contribution in [0.25, 0.3) is 0 Å².